The second kappa shape index (κ2) is 15.4. The van der Waals surface area contributed by atoms with Gasteiger partial charge >= 0.3 is 5.97 Å². The number of aromatic nitrogens is 1. The van der Waals surface area contributed by atoms with Crippen LogP contribution >= 0.6 is 0 Å². The molecule has 0 radical (unpaired) electrons. The summed E-state index contributed by atoms with van der Waals surface area (Å²) in [4.78, 5) is 62.6. The zero-order chi connectivity index (χ0) is 38.3. The second-order valence-corrected chi connectivity index (χ2v) is 19.4. The number of cyclic esters (lactones) is 1. The molecule has 292 valence electrons. The number of esters is 1. The van der Waals surface area contributed by atoms with Gasteiger partial charge in [0, 0.05) is 24.4 Å². The highest BCUT2D eigenvalue weighted by molar-refractivity contribution is 7.90. The van der Waals surface area contributed by atoms with E-state index in [0.717, 1.165) is 68.6 Å². The fraction of sp³-hybridized carbons (Fsp3) is 0.643. The number of fused-ring (bicyclic) bond motifs is 3. The summed E-state index contributed by atoms with van der Waals surface area (Å²) in [5.74, 6) is -2.34. The molecule has 3 heterocycles. The molecule has 0 spiro atoms. The molecule has 2 amide bonds. The van der Waals surface area contributed by atoms with Crippen molar-refractivity contribution in [3.8, 4) is 5.88 Å². The number of aryl methyl sites for hydroxylation is 1. The molecule has 0 unspecified atom stereocenters. The van der Waals surface area contributed by atoms with Crippen LogP contribution in [0.4, 0.5) is 0 Å². The lowest BCUT2D eigenvalue weighted by Crippen LogP contribution is -2.47. The molecule has 1 N–H and O–H groups in total. The minimum atomic E-state index is -3.83. The lowest BCUT2D eigenvalue weighted by atomic mass is 9.85. The van der Waals surface area contributed by atoms with Crippen molar-refractivity contribution in [3.05, 3.63) is 48.7 Å². The van der Waals surface area contributed by atoms with Crippen molar-refractivity contribution < 1.29 is 37.1 Å². The maximum atomic E-state index is 14.8. The summed E-state index contributed by atoms with van der Waals surface area (Å²) in [6, 6.07) is 7.33. The molecule has 54 heavy (non-hydrogen) atoms. The van der Waals surface area contributed by atoms with Gasteiger partial charge in [-0.3, -0.25) is 23.9 Å². The highest BCUT2D eigenvalue weighted by atomic mass is 32.2. The van der Waals surface area contributed by atoms with Crippen LogP contribution in [0.3, 0.4) is 0 Å². The fourth-order valence-corrected chi connectivity index (χ4v) is 10.4. The van der Waals surface area contributed by atoms with Crippen LogP contribution in [0.25, 0.3) is 10.8 Å². The van der Waals surface area contributed by atoms with Gasteiger partial charge in [0.1, 0.15) is 6.10 Å². The number of hydrogen-bond donors (Lipinski definition) is 1. The monoisotopic (exact) mass is 761 g/mol. The van der Waals surface area contributed by atoms with E-state index in [1.54, 1.807) is 17.2 Å². The van der Waals surface area contributed by atoms with Crippen LogP contribution in [-0.4, -0.2) is 72.4 Å². The third kappa shape index (κ3) is 8.38. The molecule has 3 aliphatic carbocycles. The van der Waals surface area contributed by atoms with E-state index in [0.29, 0.717) is 25.1 Å². The third-order valence-electron chi connectivity index (χ3n) is 12.7. The molecule has 12 heteroatoms. The number of benzene rings is 1. The van der Waals surface area contributed by atoms with Crippen molar-refractivity contribution in [2.45, 2.75) is 128 Å². The van der Waals surface area contributed by atoms with Gasteiger partial charge in [0.15, 0.2) is 5.78 Å². The van der Waals surface area contributed by atoms with E-state index < -0.39 is 50.6 Å². The summed E-state index contributed by atoms with van der Waals surface area (Å²) in [6.07, 6.45) is 12.3. The zero-order valence-electron chi connectivity index (χ0n) is 31.7. The Kier molecular flexibility index (Phi) is 11.0. The first-order valence-corrected chi connectivity index (χ1v) is 21.5. The largest absolute Gasteiger partial charge is 0.472 e. The molecule has 3 saturated carbocycles. The van der Waals surface area contributed by atoms with Gasteiger partial charge < -0.3 is 14.4 Å². The van der Waals surface area contributed by atoms with Gasteiger partial charge in [-0.2, -0.15) is 0 Å². The van der Waals surface area contributed by atoms with Gasteiger partial charge in [-0.25, -0.2) is 13.4 Å². The number of hydrogen-bond acceptors (Lipinski definition) is 9. The first kappa shape index (κ1) is 38.5. The van der Waals surface area contributed by atoms with Crippen molar-refractivity contribution in [2.75, 3.05) is 13.2 Å². The van der Waals surface area contributed by atoms with Crippen LogP contribution in [0.2, 0.25) is 0 Å². The number of carbonyl (C=O) groups is 4. The molecule has 4 bridgehead atoms. The number of nitrogens with one attached hydrogen (secondary N) is 1. The zero-order valence-corrected chi connectivity index (χ0v) is 32.5. The molecule has 5 aliphatic rings. The fourth-order valence-electron chi connectivity index (χ4n) is 9.06. The lowest BCUT2D eigenvalue weighted by molar-refractivity contribution is -0.153. The number of pyridine rings is 1. The van der Waals surface area contributed by atoms with Crippen molar-refractivity contribution in [2.24, 2.45) is 28.6 Å². The van der Waals surface area contributed by atoms with Crippen LogP contribution < -0.4 is 9.46 Å². The molecule has 1 saturated heterocycles. The van der Waals surface area contributed by atoms with E-state index in [-0.39, 0.29) is 61.4 Å². The van der Waals surface area contributed by atoms with E-state index in [2.05, 4.69) is 48.3 Å². The lowest BCUT2D eigenvalue weighted by Gasteiger charge is -2.31. The van der Waals surface area contributed by atoms with Gasteiger partial charge in [-0.1, -0.05) is 57.7 Å². The van der Waals surface area contributed by atoms with Crippen LogP contribution in [0, 0.1) is 28.6 Å². The molecule has 2 aliphatic heterocycles. The number of ketones is 1. The van der Waals surface area contributed by atoms with E-state index in [1.165, 1.54) is 5.56 Å². The molecule has 7 rings (SSSR count). The number of rotatable bonds is 8. The Labute approximate surface area is 319 Å². The summed E-state index contributed by atoms with van der Waals surface area (Å²) in [5, 5.41) is 1.25. The Morgan fingerprint density at radius 1 is 1.06 bits per heavy atom. The third-order valence-corrected chi connectivity index (χ3v) is 14.5. The highest BCUT2D eigenvalue weighted by Gasteiger charge is 2.61. The molecular formula is C42H55N3O8S. The van der Waals surface area contributed by atoms with E-state index in [9.17, 15) is 27.6 Å². The topological polar surface area (TPSA) is 149 Å². The standard InChI is InChI=1S/C42H55N3O8S/c1-4-30-23-42(30,40(49)44-54(50,51)32-15-16-32)24-36(46)35-21-31-25-45(35)39(48)34(28-11-7-8-12-28)22-37(47)52-26-41(2,3)18-9-5-6-10-27-13-14-29-17-19-43-38(53-31)33(29)20-27/h4,13-14,17,19-20,28,30-32,34-35H,1,5-12,15-16,18,21-26H2,2-3H3,(H,44,49)/t30-,31+,34-,35-,42+/m0/s1. The Hall–Kier alpha value is -3.80. The molecule has 2 aromatic rings. The Balaban J connectivity index is 1.20. The number of allylic oxidation sites excluding steroid dienone is 1. The van der Waals surface area contributed by atoms with Gasteiger partial charge in [0.25, 0.3) is 0 Å². The first-order chi connectivity index (χ1) is 25.8. The maximum absolute atomic E-state index is 14.8. The summed E-state index contributed by atoms with van der Waals surface area (Å²) >= 11 is 0. The first-order valence-electron chi connectivity index (χ1n) is 20.0. The van der Waals surface area contributed by atoms with Gasteiger partial charge in [-0.05, 0) is 91.7 Å². The van der Waals surface area contributed by atoms with Crippen molar-refractivity contribution >= 4 is 44.4 Å². The van der Waals surface area contributed by atoms with Gasteiger partial charge in [0.05, 0.1) is 42.2 Å². The van der Waals surface area contributed by atoms with E-state index in [4.69, 9.17) is 9.47 Å². The predicted molar refractivity (Wildman–Crippen MR) is 204 cm³/mol. The SMILES string of the molecule is C=C[C@H]1C[C@]1(CC(=O)[C@@H]1C[C@@H]2CN1C(=O)[C@H](C1CCCC1)CC(=O)OCC(C)(C)CCCCCc1ccc3ccnc(c3c1)O2)C(=O)NS(=O)(=O)C1CC1. The smallest absolute Gasteiger partial charge is 0.306 e. The number of Topliss-reactive ketones (excluding diaryl/α,β-unsaturated/α-hetero) is 1. The normalized spacial score (nSPS) is 29.7. The summed E-state index contributed by atoms with van der Waals surface area (Å²) < 4.78 is 40.3. The van der Waals surface area contributed by atoms with Crippen molar-refractivity contribution in [1.29, 1.82) is 0 Å². The summed E-state index contributed by atoms with van der Waals surface area (Å²) in [5.41, 5.74) is -0.296. The highest BCUT2D eigenvalue weighted by Crippen LogP contribution is 2.57. The Bertz CT molecular complexity index is 1900. The molecule has 11 nitrogen and oxygen atoms in total. The number of amides is 2. The van der Waals surface area contributed by atoms with Crippen LogP contribution in [0.5, 0.6) is 5.88 Å². The second-order valence-electron chi connectivity index (χ2n) is 17.4. The van der Waals surface area contributed by atoms with Crippen LogP contribution in [-0.2, 0) is 40.4 Å². The Morgan fingerprint density at radius 3 is 2.56 bits per heavy atom. The molecule has 4 fully saturated rings. The van der Waals surface area contributed by atoms with Gasteiger partial charge in [-0.15, -0.1) is 6.58 Å². The van der Waals surface area contributed by atoms with Crippen LogP contribution in [0.15, 0.2) is 43.1 Å². The van der Waals surface area contributed by atoms with Crippen molar-refractivity contribution in [3.63, 3.8) is 0 Å². The van der Waals surface area contributed by atoms with E-state index in [1.807, 2.05) is 6.07 Å². The number of nitrogens with zero attached hydrogens (tertiary/aromatic N) is 2. The van der Waals surface area contributed by atoms with Crippen molar-refractivity contribution in [1.82, 2.24) is 14.6 Å². The minimum absolute atomic E-state index is 0.0249. The molecule has 5 atom stereocenters. The molecule has 1 aromatic carbocycles. The quantitative estimate of drug-likeness (QED) is 0.244. The predicted octanol–water partition coefficient (Wildman–Crippen LogP) is 6.23. The average Bonchev–Trinajstić information content (AvgIpc) is 4.01. The average molecular weight is 762 g/mol. The van der Waals surface area contributed by atoms with E-state index >= 15 is 0 Å². The summed E-state index contributed by atoms with van der Waals surface area (Å²) in [7, 11) is -3.83. The summed E-state index contributed by atoms with van der Waals surface area (Å²) in [6.45, 7) is 8.44. The minimum Gasteiger partial charge on any atom is -0.472 e. The molecular weight excluding hydrogens is 707 g/mol. The Morgan fingerprint density at radius 2 is 1.83 bits per heavy atom. The van der Waals surface area contributed by atoms with Gasteiger partial charge in [0.2, 0.25) is 27.7 Å². The number of sulfonamides is 1. The number of carbonyl (C=O) groups excluding carboxylic acids is 4. The van der Waals surface area contributed by atoms with Crippen LogP contribution in [0.1, 0.15) is 109 Å². The molecule has 1 aromatic heterocycles. The maximum Gasteiger partial charge on any atom is 0.306 e. The number of ether oxygens (including phenoxy) is 2.